The van der Waals surface area contributed by atoms with Gasteiger partial charge in [-0.15, -0.1) is 0 Å². The van der Waals surface area contributed by atoms with Crippen molar-refractivity contribution in [1.82, 2.24) is 0 Å². The molecule has 3 nitrogen and oxygen atoms in total. The molecule has 17 heavy (non-hydrogen) atoms. The van der Waals surface area contributed by atoms with Crippen molar-refractivity contribution in [2.45, 2.75) is 32.6 Å². The van der Waals surface area contributed by atoms with Crippen LogP contribution < -0.4 is 10.2 Å². The third-order valence-corrected chi connectivity index (χ3v) is 3.48. The van der Waals surface area contributed by atoms with Crippen LogP contribution in [-0.4, -0.2) is 23.8 Å². The number of ether oxygens (including phenoxy) is 1. The van der Waals surface area contributed by atoms with Crippen molar-refractivity contribution in [2.75, 3.05) is 6.61 Å². The van der Waals surface area contributed by atoms with Gasteiger partial charge >= 0.3 is 7.12 Å². The van der Waals surface area contributed by atoms with Crippen molar-refractivity contribution in [3.8, 4) is 5.75 Å². The minimum atomic E-state index is -1.40. The average Bonchev–Trinajstić information content (AvgIpc) is 2.78. The van der Waals surface area contributed by atoms with Gasteiger partial charge in [-0.1, -0.05) is 18.9 Å². The molecule has 0 unspecified atom stereocenters. The highest BCUT2D eigenvalue weighted by Crippen LogP contribution is 2.25. The first-order valence-corrected chi connectivity index (χ1v) is 6.26. The van der Waals surface area contributed by atoms with Gasteiger partial charge in [0.2, 0.25) is 0 Å². The summed E-state index contributed by atoms with van der Waals surface area (Å²) in [6.07, 6.45) is 5.18. The summed E-state index contributed by atoms with van der Waals surface area (Å²) in [7, 11) is -1.40. The predicted octanol–water partition coefficient (Wildman–Crippen LogP) is 1.24. The fourth-order valence-corrected chi connectivity index (χ4v) is 2.42. The number of hydrogen-bond acceptors (Lipinski definition) is 3. The molecule has 92 valence electrons. The lowest BCUT2D eigenvalue weighted by Crippen LogP contribution is -2.31. The topological polar surface area (TPSA) is 49.7 Å². The predicted molar refractivity (Wildman–Crippen MR) is 68.5 cm³/mol. The van der Waals surface area contributed by atoms with Crippen LogP contribution in [0.15, 0.2) is 18.2 Å². The van der Waals surface area contributed by atoms with Gasteiger partial charge in [0.1, 0.15) is 5.75 Å². The minimum absolute atomic E-state index is 0.540. The molecule has 1 aromatic rings. The van der Waals surface area contributed by atoms with E-state index in [4.69, 9.17) is 14.8 Å². The summed E-state index contributed by atoms with van der Waals surface area (Å²) >= 11 is 0. The minimum Gasteiger partial charge on any atom is -0.493 e. The molecule has 0 amide bonds. The highest BCUT2D eigenvalue weighted by molar-refractivity contribution is 6.59. The van der Waals surface area contributed by atoms with Gasteiger partial charge in [0, 0.05) is 0 Å². The molecule has 0 radical (unpaired) electrons. The van der Waals surface area contributed by atoms with E-state index in [1.54, 1.807) is 12.1 Å². The molecule has 0 spiro atoms. The zero-order valence-corrected chi connectivity index (χ0v) is 10.2. The Balaban J connectivity index is 1.94. The number of benzene rings is 1. The van der Waals surface area contributed by atoms with E-state index in [0.29, 0.717) is 11.4 Å². The van der Waals surface area contributed by atoms with Gasteiger partial charge in [0.05, 0.1) is 6.61 Å². The summed E-state index contributed by atoms with van der Waals surface area (Å²) in [6.45, 7) is 2.64. The Kier molecular flexibility index (Phi) is 4.08. The number of hydrogen-bond donors (Lipinski definition) is 2. The second-order valence-corrected chi connectivity index (χ2v) is 4.85. The van der Waals surface area contributed by atoms with E-state index in [-0.39, 0.29) is 0 Å². The Labute approximate surface area is 103 Å². The average molecular weight is 234 g/mol. The number of rotatable bonds is 4. The quantitative estimate of drug-likeness (QED) is 0.770. The Morgan fingerprint density at radius 3 is 2.59 bits per heavy atom. The van der Waals surface area contributed by atoms with Crippen molar-refractivity contribution < 1.29 is 14.8 Å². The van der Waals surface area contributed by atoms with E-state index in [9.17, 15) is 0 Å². The van der Waals surface area contributed by atoms with Crippen LogP contribution in [0.4, 0.5) is 0 Å². The SMILES string of the molecule is Cc1cc(OCC2CCCC2)ccc1B(O)O. The van der Waals surface area contributed by atoms with Crippen molar-refractivity contribution in [3.05, 3.63) is 23.8 Å². The van der Waals surface area contributed by atoms with Gasteiger partial charge in [-0.2, -0.15) is 0 Å². The van der Waals surface area contributed by atoms with Crippen molar-refractivity contribution >= 4 is 12.6 Å². The first-order valence-electron chi connectivity index (χ1n) is 6.26. The fraction of sp³-hybridized carbons (Fsp3) is 0.538. The normalized spacial score (nSPS) is 16.2. The van der Waals surface area contributed by atoms with Gasteiger partial charge in [0.25, 0.3) is 0 Å². The Bertz CT molecular complexity index is 373. The van der Waals surface area contributed by atoms with Gasteiger partial charge < -0.3 is 14.8 Å². The van der Waals surface area contributed by atoms with Crippen LogP contribution in [0.1, 0.15) is 31.2 Å². The molecule has 1 aliphatic carbocycles. The summed E-state index contributed by atoms with van der Waals surface area (Å²) < 4.78 is 5.74. The van der Waals surface area contributed by atoms with Crippen LogP contribution in [0.5, 0.6) is 5.75 Å². The first kappa shape index (κ1) is 12.5. The van der Waals surface area contributed by atoms with Crippen molar-refractivity contribution in [1.29, 1.82) is 0 Å². The van der Waals surface area contributed by atoms with E-state index in [1.807, 2.05) is 13.0 Å². The Hall–Kier alpha value is -0.995. The molecule has 0 atom stereocenters. The molecule has 2 N–H and O–H groups in total. The summed E-state index contributed by atoms with van der Waals surface area (Å²) in [6, 6.07) is 5.38. The fourth-order valence-electron chi connectivity index (χ4n) is 2.42. The zero-order valence-electron chi connectivity index (χ0n) is 10.2. The van der Waals surface area contributed by atoms with Gasteiger partial charge in [-0.25, -0.2) is 0 Å². The van der Waals surface area contributed by atoms with Crippen molar-refractivity contribution in [3.63, 3.8) is 0 Å². The van der Waals surface area contributed by atoms with Crippen LogP contribution >= 0.6 is 0 Å². The molecule has 4 heteroatoms. The second-order valence-electron chi connectivity index (χ2n) is 4.85. The van der Waals surface area contributed by atoms with E-state index in [2.05, 4.69) is 0 Å². The second kappa shape index (κ2) is 5.56. The highest BCUT2D eigenvalue weighted by Gasteiger charge is 2.17. The Morgan fingerprint density at radius 2 is 2.00 bits per heavy atom. The molecule has 0 aliphatic heterocycles. The van der Waals surface area contributed by atoms with E-state index in [0.717, 1.165) is 17.9 Å². The molecular weight excluding hydrogens is 215 g/mol. The lowest BCUT2D eigenvalue weighted by Gasteiger charge is -2.13. The van der Waals surface area contributed by atoms with Crippen LogP contribution in [-0.2, 0) is 0 Å². The maximum atomic E-state index is 9.11. The summed E-state index contributed by atoms with van der Waals surface area (Å²) in [5.74, 6) is 1.51. The molecule has 0 heterocycles. The van der Waals surface area contributed by atoms with Crippen LogP contribution in [0, 0.1) is 12.8 Å². The maximum Gasteiger partial charge on any atom is 0.488 e. The standard InChI is InChI=1S/C13H19BO3/c1-10-8-12(6-7-13(10)14(15)16)17-9-11-4-2-3-5-11/h6-8,11,15-16H,2-5,9H2,1H3. The highest BCUT2D eigenvalue weighted by atomic mass is 16.5. The monoisotopic (exact) mass is 234 g/mol. The van der Waals surface area contributed by atoms with Gasteiger partial charge in [-0.05, 0) is 48.8 Å². The third kappa shape index (κ3) is 3.24. The van der Waals surface area contributed by atoms with Crippen LogP contribution in [0.3, 0.4) is 0 Å². The largest absolute Gasteiger partial charge is 0.493 e. The van der Waals surface area contributed by atoms with Gasteiger partial charge in [-0.3, -0.25) is 0 Å². The maximum absolute atomic E-state index is 9.11. The number of aryl methyl sites for hydroxylation is 1. The molecule has 0 saturated heterocycles. The molecule has 1 fully saturated rings. The molecular formula is C13H19BO3. The van der Waals surface area contributed by atoms with Crippen molar-refractivity contribution in [2.24, 2.45) is 5.92 Å². The van der Waals surface area contributed by atoms with E-state index in [1.165, 1.54) is 25.7 Å². The van der Waals surface area contributed by atoms with Gasteiger partial charge in [0.15, 0.2) is 0 Å². The first-order chi connectivity index (χ1) is 8.16. The van der Waals surface area contributed by atoms with Crippen LogP contribution in [0.2, 0.25) is 0 Å². The molecule has 2 rings (SSSR count). The zero-order chi connectivity index (χ0) is 12.3. The lowest BCUT2D eigenvalue weighted by molar-refractivity contribution is 0.252. The lowest BCUT2D eigenvalue weighted by atomic mass is 9.77. The van der Waals surface area contributed by atoms with E-state index >= 15 is 0 Å². The molecule has 1 aliphatic rings. The Morgan fingerprint density at radius 1 is 1.29 bits per heavy atom. The molecule has 0 aromatic heterocycles. The summed E-state index contributed by atoms with van der Waals surface area (Å²) in [5.41, 5.74) is 1.39. The molecule has 1 aromatic carbocycles. The molecule has 0 bridgehead atoms. The van der Waals surface area contributed by atoms with E-state index < -0.39 is 7.12 Å². The third-order valence-electron chi connectivity index (χ3n) is 3.48. The smallest absolute Gasteiger partial charge is 0.488 e. The summed E-state index contributed by atoms with van der Waals surface area (Å²) in [5, 5.41) is 18.2. The molecule has 1 saturated carbocycles. The summed E-state index contributed by atoms with van der Waals surface area (Å²) in [4.78, 5) is 0. The van der Waals surface area contributed by atoms with Crippen LogP contribution in [0.25, 0.3) is 0 Å².